The molecule has 1 aliphatic rings. The number of aliphatic hydroxyl groups excluding tert-OH is 1. The zero-order valence-corrected chi connectivity index (χ0v) is 13.4. The van der Waals surface area contributed by atoms with Crippen LogP contribution in [0.2, 0.25) is 5.02 Å². The molecule has 0 aliphatic heterocycles. The third-order valence-electron chi connectivity index (χ3n) is 4.01. The fourth-order valence-electron chi connectivity index (χ4n) is 2.94. The Kier molecular flexibility index (Phi) is 6.15. The summed E-state index contributed by atoms with van der Waals surface area (Å²) in [7, 11) is 3.19. The highest BCUT2D eigenvalue weighted by molar-refractivity contribution is 6.32. The molecule has 5 heteroatoms. The van der Waals surface area contributed by atoms with Gasteiger partial charge in [0.2, 0.25) is 0 Å². The fourth-order valence-corrected chi connectivity index (χ4v) is 3.25. The number of hydrogen-bond acceptors (Lipinski definition) is 4. The lowest BCUT2D eigenvalue weighted by Gasteiger charge is -2.26. The van der Waals surface area contributed by atoms with Crippen molar-refractivity contribution in [2.45, 2.75) is 38.3 Å². The first-order valence-electron chi connectivity index (χ1n) is 7.43. The van der Waals surface area contributed by atoms with Crippen LogP contribution in [0.3, 0.4) is 0 Å². The van der Waals surface area contributed by atoms with Crippen LogP contribution in [0, 0.1) is 5.92 Å². The zero-order chi connectivity index (χ0) is 15.2. The molecule has 0 radical (unpaired) electrons. The zero-order valence-electron chi connectivity index (χ0n) is 12.7. The number of methoxy groups -OCH3 is 2. The van der Waals surface area contributed by atoms with E-state index in [1.165, 1.54) is 6.42 Å². The van der Waals surface area contributed by atoms with E-state index < -0.39 is 0 Å². The van der Waals surface area contributed by atoms with E-state index in [-0.39, 0.29) is 6.10 Å². The smallest absolute Gasteiger partial charge is 0.179 e. The van der Waals surface area contributed by atoms with Crippen molar-refractivity contribution >= 4 is 11.6 Å². The van der Waals surface area contributed by atoms with Crippen LogP contribution in [-0.4, -0.2) is 32.0 Å². The quantitative estimate of drug-likeness (QED) is 0.847. The Morgan fingerprint density at radius 1 is 1.29 bits per heavy atom. The van der Waals surface area contributed by atoms with Gasteiger partial charge in [-0.15, -0.1) is 0 Å². The van der Waals surface area contributed by atoms with Crippen LogP contribution in [0.15, 0.2) is 12.1 Å². The number of benzene rings is 1. The number of ether oxygens (including phenoxy) is 2. The molecular formula is C16H24ClNO3. The molecule has 1 aromatic carbocycles. The van der Waals surface area contributed by atoms with Crippen molar-refractivity contribution in [1.82, 2.24) is 5.32 Å². The normalized spacial score (nSPS) is 22.1. The maximum absolute atomic E-state index is 9.68. The molecule has 2 rings (SSSR count). The maximum atomic E-state index is 9.68. The summed E-state index contributed by atoms with van der Waals surface area (Å²) >= 11 is 6.19. The molecule has 1 fully saturated rings. The first-order valence-corrected chi connectivity index (χ1v) is 7.81. The summed E-state index contributed by atoms with van der Waals surface area (Å²) in [6.07, 6.45) is 4.04. The number of aliphatic hydroxyl groups is 1. The summed E-state index contributed by atoms with van der Waals surface area (Å²) in [5.74, 6) is 1.78. The molecule has 118 valence electrons. The maximum Gasteiger partial charge on any atom is 0.179 e. The van der Waals surface area contributed by atoms with Crippen LogP contribution in [0.1, 0.15) is 31.2 Å². The van der Waals surface area contributed by atoms with Crippen molar-refractivity contribution in [3.8, 4) is 11.5 Å². The molecule has 0 aromatic heterocycles. The van der Waals surface area contributed by atoms with E-state index in [0.717, 1.165) is 37.9 Å². The predicted molar refractivity (Wildman–Crippen MR) is 84.2 cm³/mol. The first-order chi connectivity index (χ1) is 10.1. The second-order valence-corrected chi connectivity index (χ2v) is 6.04. The van der Waals surface area contributed by atoms with E-state index >= 15 is 0 Å². The standard InChI is InChI=1S/C16H24ClNO3/c1-20-15-8-12(7-14(17)16(15)21-2)10-18-9-11-4-3-5-13(19)6-11/h7-8,11,13,18-19H,3-6,9-10H2,1-2H3. The first kappa shape index (κ1) is 16.4. The second-order valence-electron chi connectivity index (χ2n) is 5.63. The lowest BCUT2D eigenvalue weighted by atomic mass is 9.87. The second kappa shape index (κ2) is 7.87. The Morgan fingerprint density at radius 3 is 2.76 bits per heavy atom. The highest BCUT2D eigenvalue weighted by Gasteiger charge is 2.19. The molecule has 0 heterocycles. The Labute approximate surface area is 131 Å². The third-order valence-corrected chi connectivity index (χ3v) is 4.29. The summed E-state index contributed by atoms with van der Waals surface area (Å²) < 4.78 is 10.5. The largest absolute Gasteiger partial charge is 0.493 e. The van der Waals surface area contributed by atoms with Gasteiger partial charge in [0.15, 0.2) is 11.5 Å². The molecule has 2 unspecified atom stereocenters. The minimum Gasteiger partial charge on any atom is -0.493 e. The molecular weight excluding hydrogens is 290 g/mol. The van der Waals surface area contributed by atoms with E-state index in [9.17, 15) is 5.11 Å². The topological polar surface area (TPSA) is 50.7 Å². The Hall–Kier alpha value is -0.970. The lowest BCUT2D eigenvalue weighted by Crippen LogP contribution is -2.28. The number of hydrogen-bond donors (Lipinski definition) is 2. The molecule has 1 aromatic rings. The summed E-state index contributed by atoms with van der Waals surface area (Å²) in [6.45, 7) is 1.65. The monoisotopic (exact) mass is 313 g/mol. The van der Waals surface area contributed by atoms with Crippen molar-refractivity contribution in [3.05, 3.63) is 22.7 Å². The summed E-state index contributed by atoms with van der Waals surface area (Å²) in [4.78, 5) is 0. The SMILES string of the molecule is COc1cc(CNCC2CCCC(O)C2)cc(Cl)c1OC. The highest BCUT2D eigenvalue weighted by Crippen LogP contribution is 2.36. The van der Waals surface area contributed by atoms with Crippen LogP contribution in [-0.2, 0) is 6.54 Å². The van der Waals surface area contributed by atoms with Gasteiger partial charge in [0.05, 0.1) is 25.3 Å². The average Bonchev–Trinajstić information content (AvgIpc) is 2.46. The minimum atomic E-state index is -0.124. The molecule has 2 N–H and O–H groups in total. The van der Waals surface area contributed by atoms with Crippen LogP contribution in [0.5, 0.6) is 11.5 Å². The van der Waals surface area contributed by atoms with Crippen LogP contribution < -0.4 is 14.8 Å². The van der Waals surface area contributed by atoms with Gasteiger partial charge in [0.25, 0.3) is 0 Å². The Balaban J connectivity index is 1.89. The molecule has 0 spiro atoms. The van der Waals surface area contributed by atoms with Crippen LogP contribution >= 0.6 is 11.6 Å². The third kappa shape index (κ3) is 4.50. The van der Waals surface area contributed by atoms with Gasteiger partial charge >= 0.3 is 0 Å². The van der Waals surface area contributed by atoms with Gasteiger partial charge in [-0.1, -0.05) is 18.0 Å². The van der Waals surface area contributed by atoms with Gasteiger partial charge in [0.1, 0.15) is 0 Å². The van der Waals surface area contributed by atoms with Crippen LogP contribution in [0.25, 0.3) is 0 Å². The van der Waals surface area contributed by atoms with E-state index in [4.69, 9.17) is 21.1 Å². The van der Waals surface area contributed by atoms with Gasteiger partial charge in [-0.05, 0) is 49.4 Å². The van der Waals surface area contributed by atoms with E-state index in [1.54, 1.807) is 14.2 Å². The van der Waals surface area contributed by atoms with Crippen molar-refractivity contribution in [2.75, 3.05) is 20.8 Å². The molecule has 2 atom stereocenters. The predicted octanol–water partition coefficient (Wildman–Crippen LogP) is 3.00. The van der Waals surface area contributed by atoms with Crippen LogP contribution in [0.4, 0.5) is 0 Å². The molecule has 1 saturated carbocycles. The summed E-state index contributed by atoms with van der Waals surface area (Å²) in [5, 5.41) is 13.7. The molecule has 21 heavy (non-hydrogen) atoms. The molecule has 1 aliphatic carbocycles. The van der Waals surface area contributed by atoms with Gasteiger partial charge < -0.3 is 19.9 Å². The Bertz CT molecular complexity index is 467. The van der Waals surface area contributed by atoms with Crippen molar-refractivity contribution in [3.63, 3.8) is 0 Å². The van der Waals surface area contributed by atoms with E-state index in [2.05, 4.69) is 5.32 Å². The van der Waals surface area contributed by atoms with Gasteiger partial charge in [-0.3, -0.25) is 0 Å². The van der Waals surface area contributed by atoms with Gasteiger partial charge in [-0.25, -0.2) is 0 Å². The van der Waals surface area contributed by atoms with Crippen molar-refractivity contribution in [1.29, 1.82) is 0 Å². The fraction of sp³-hybridized carbons (Fsp3) is 0.625. The van der Waals surface area contributed by atoms with Crippen molar-refractivity contribution < 1.29 is 14.6 Å². The van der Waals surface area contributed by atoms with E-state index in [1.807, 2.05) is 12.1 Å². The highest BCUT2D eigenvalue weighted by atomic mass is 35.5. The lowest BCUT2D eigenvalue weighted by molar-refractivity contribution is 0.101. The summed E-state index contributed by atoms with van der Waals surface area (Å²) in [6, 6.07) is 3.83. The molecule has 4 nitrogen and oxygen atoms in total. The summed E-state index contributed by atoms with van der Waals surface area (Å²) in [5.41, 5.74) is 1.06. The van der Waals surface area contributed by atoms with Crippen molar-refractivity contribution in [2.24, 2.45) is 5.92 Å². The Morgan fingerprint density at radius 2 is 2.10 bits per heavy atom. The number of rotatable bonds is 6. The number of nitrogens with one attached hydrogen (secondary N) is 1. The molecule has 0 bridgehead atoms. The van der Waals surface area contributed by atoms with E-state index in [0.29, 0.717) is 22.4 Å². The molecule has 0 amide bonds. The number of halogens is 1. The molecule has 0 saturated heterocycles. The van der Waals surface area contributed by atoms with Gasteiger partial charge in [0, 0.05) is 6.54 Å². The average molecular weight is 314 g/mol. The minimum absolute atomic E-state index is 0.124. The van der Waals surface area contributed by atoms with Gasteiger partial charge in [-0.2, -0.15) is 0 Å².